The first-order valence-corrected chi connectivity index (χ1v) is 8.40. The molecule has 25 heavy (non-hydrogen) atoms. The van der Waals surface area contributed by atoms with E-state index in [2.05, 4.69) is 10.6 Å². The second kappa shape index (κ2) is 9.15. The monoisotopic (exact) mass is 371 g/mol. The molecule has 0 spiro atoms. The molecular weight excluding hydrogens is 345 g/mol. The number of nitrogens with two attached hydrogens (primary N) is 1. The molecular formula is C18H27ClFN3O2. The third-order valence-corrected chi connectivity index (χ3v) is 4.84. The van der Waals surface area contributed by atoms with Crippen molar-refractivity contribution in [3.8, 4) is 0 Å². The molecule has 7 heteroatoms. The smallest absolute Gasteiger partial charge is 0.239 e. The third kappa shape index (κ3) is 5.41. The maximum absolute atomic E-state index is 13.1. The highest BCUT2D eigenvalue weighted by Gasteiger charge is 2.38. The van der Waals surface area contributed by atoms with Crippen LogP contribution in [0.1, 0.15) is 38.7 Å². The molecule has 4 N–H and O–H groups in total. The van der Waals surface area contributed by atoms with Crippen LogP contribution >= 0.6 is 12.4 Å². The number of hydrogen-bond acceptors (Lipinski definition) is 3. The van der Waals surface area contributed by atoms with Gasteiger partial charge in [-0.1, -0.05) is 32.4 Å². The van der Waals surface area contributed by atoms with E-state index in [1.807, 2.05) is 13.8 Å². The van der Waals surface area contributed by atoms with Crippen molar-refractivity contribution in [3.05, 3.63) is 35.6 Å². The van der Waals surface area contributed by atoms with E-state index in [0.717, 1.165) is 24.8 Å². The van der Waals surface area contributed by atoms with E-state index in [-0.39, 0.29) is 47.9 Å². The van der Waals surface area contributed by atoms with Gasteiger partial charge in [0.2, 0.25) is 11.8 Å². The lowest BCUT2D eigenvalue weighted by Crippen LogP contribution is -2.50. The fourth-order valence-electron chi connectivity index (χ4n) is 2.89. The van der Waals surface area contributed by atoms with Crippen LogP contribution in [0.2, 0.25) is 0 Å². The number of carbonyl (C=O) groups excluding carboxylic acids is 2. The van der Waals surface area contributed by atoms with E-state index in [1.54, 1.807) is 12.1 Å². The molecule has 0 unspecified atom stereocenters. The quantitative estimate of drug-likeness (QED) is 0.684. The van der Waals surface area contributed by atoms with Gasteiger partial charge < -0.3 is 16.4 Å². The third-order valence-electron chi connectivity index (χ3n) is 4.84. The Labute approximate surface area is 154 Å². The predicted octanol–water partition coefficient (Wildman–Crippen LogP) is 1.88. The van der Waals surface area contributed by atoms with Gasteiger partial charge in [0, 0.05) is 12.0 Å². The van der Waals surface area contributed by atoms with Gasteiger partial charge in [0.05, 0.1) is 12.6 Å². The summed E-state index contributed by atoms with van der Waals surface area (Å²) in [5.41, 5.74) is 6.65. The standard InChI is InChI=1S/C18H26FN3O2.ClH/c1-12(2)16(20)17(24)21-10-15(23)22-11-18(8-3-9-18)13-4-6-14(19)7-5-13;/h4-7,12,16H,3,8-11,20H2,1-2H3,(H,21,24)(H,22,23);1H/t16-;/m0./s1. The zero-order valence-corrected chi connectivity index (χ0v) is 15.5. The number of benzene rings is 1. The number of halogens is 2. The predicted molar refractivity (Wildman–Crippen MR) is 98.0 cm³/mol. The van der Waals surface area contributed by atoms with Crippen LogP contribution in [-0.4, -0.2) is 30.9 Å². The molecule has 1 saturated carbocycles. The Hall–Kier alpha value is -1.66. The van der Waals surface area contributed by atoms with Crippen LogP contribution in [0.3, 0.4) is 0 Å². The van der Waals surface area contributed by atoms with Gasteiger partial charge in [0.25, 0.3) is 0 Å². The Bertz CT molecular complexity index is 588. The van der Waals surface area contributed by atoms with Gasteiger partial charge in [-0.25, -0.2) is 4.39 Å². The lowest BCUT2D eigenvalue weighted by molar-refractivity contribution is -0.127. The highest BCUT2D eigenvalue weighted by atomic mass is 35.5. The van der Waals surface area contributed by atoms with Gasteiger partial charge >= 0.3 is 0 Å². The number of rotatable bonds is 7. The number of carbonyl (C=O) groups is 2. The zero-order valence-electron chi connectivity index (χ0n) is 14.7. The van der Waals surface area contributed by atoms with Crippen molar-refractivity contribution < 1.29 is 14.0 Å². The zero-order chi connectivity index (χ0) is 17.7. The summed E-state index contributed by atoms with van der Waals surface area (Å²) >= 11 is 0. The Kier molecular flexibility index (Phi) is 7.83. The molecule has 2 amide bonds. The molecule has 1 fully saturated rings. The average molecular weight is 372 g/mol. The molecule has 140 valence electrons. The molecule has 0 heterocycles. The van der Waals surface area contributed by atoms with E-state index in [0.29, 0.717) is 6.54 Å². The van der Waals surface area contributed by atoms with Crippen LogP contribution in [0.4, 0.5) is 4.39 Å². The number of nitrogens with one attached hydrogen (secondary N) is 2. The largest absolute Gasteiger partial charge is 0.354 e. The summed E-state index contributed by atoms with van der Waals surface area (Å²) in [5, 5.41) is 5.43. The first-order valence-electron chi connectivity index (χ1n) is 8.40. The summed E-state index contributed by atoms with van der Waals surface area (Å²) < 4.78 is 13.1. The summed E-state index contributed by atoms with van der Waals surface area (Å²) in [5.74, 6) is -0.809. The lowest BCUT2D eigenvalue weighted by atomic mass is 9.64. The molecule has 1 aromatic carbocycles. The van der Waals surface area contributed by atoms with Crippen molar-refractivity contribution >= 4 is 24.2 Å². The van der Waals surface area contributed by atoms with Gasteiger partial charge in [0.15, 0.2) is 0 Å². The van der Waals surface area contributed by atoms with Crippen LogP contribution < -0.4 is 16.4 Å². The summed E-state index contributed by atoms with van der Waals surface area (Å²) in [6.45, 7) is 4.11. The van der Waals surface area contributed by atoms with Crippen LogP contribution in [0, 0.1) is 11.7 Å². The van der Waals surface area contributed by atoms with E-state index >= 15 is 0 Å². The molecule has 1 aromatic rings. The number of amides is 2. The summed E-state index contributed by atoms with van der Waals surface area (Å²) in [7, 11) is 0. The van der Waals surface area contributed by atoms with Gasteiger partial charge in [0.1, 0.15) is 5.82 Å². The van der Waals surface area contributed by atoms with E-state index in [1.165, 1.54) is 12.1 Å². The number of hydrogen-bond donors (Lipinski definition) is 3. The van der Waals surface area contributed by atoms with Gasteiger partial charge in [-0.05, 0) is 36.5 Å². The minimum absolute atomic E-state index is 0. The van der Waals surface area contributed by atoms with Gasteiger partial charge in [-0.3, -0.25) is 9.59 Å². The van der Waals surface area contributed by atoms with E-state index in [9.17, 15) is 14.0 Å². The molecule has 1 aliphatic rings. The lowest BCUT2D eigenvalue weighted by Gasteiger charge is -2.42. The van der Waals surface area contributed by atoms with Crippen molar-refractivity contribution in [2.75, 3.05) is 13.1 Å². The Morgan fingerprint density at radius 3 is 2.28 bits per heavy atom. The first kappa shape index (κ1) is 21.4. The summed E-state index contributed by atoms with van der Waals surface area (Å²) in [6, 6.07) is 5.85. The molecule has 5 nitrogen and oxygen atoms in total. The molecule has 0 aromatic heterocycles. The normalized spacial score (nSPS) is 16.4. The Morgan fingerprint density at radius 1 is 1.20 bits per heavy atom. The molecule has 0 radical (unpaired) electrons. The Balaban J connectivity index is 0.00000312. The van der Waals surface area contributed by atoms with E-state index in [4.69, 9.17) is 5.73 Å². The van der Waals surface area contributed by atoms with Gasteiger partial charge in [-0.2, -0.15) is 0 Å². The highest BCUT2D eigenvalue weighted by Crippen LogP contribution is 2.43. The van der Waals surface area contributed by atoms with Gasteiger partial charge in [-0.15, -0.1) is 12.4 Å². The van der Waals surface area contributed by atoms with Crippen LogP contribution in [0.25, 0.3) is 0 Å². The van der Waals surface area contributed by atoms with Crippen LogP contribution in [-0.2, 0) is 15.0 Å². The molecule has 1 aliphatic carbocycles. The summed E-state index contributed by atoms with van der Waals surface area (Å²) in [4.78, 5) is 23.7. The fraction of sp³-hybridized carbons (Fsp3) is 0.556. The second-order valence-corrected chi connectivity index (χ2v) is 6.91. The van der Waals surface area contributed by atoms with Crippen LogP contribution in [0.15, 0.2) is 24.3 Å². The molecule has 0 aliphatic heterocycles. The molecule has 0 bridgehead atoms. The van der Waals surface area contributed by atoms with Crippen molar-refractivity contribution in [2.24, 2.45) is 11.7 Å². The maximum atomic E-state index is 13.1. The van der Waals surface area contributed by atoms with E-state index < -0.39 is 6.04 Å². The Morgan fingerprint density at radius 2 is 1.80 bits per heavy atom. The molecule has 0 saturated heterocycles. The minimum atomic E-state index is -0.616. The highest BCUT2D eigenvalue weighted by molar-refractivity contribution is 5.87. The minimum Gasteiger partial charge on any atom is -0.354 e. The SMILES string of the molecule is CC(C)[C@H](N)C(=O)NCC(=O)NCC1(c2ccc(F)cc2)CCC1.Cl. The van der Waals surface area contributed by atoms with Crippen LogP contribution in [0.5, 0.6) is 0 Å². The second-order valence-electron chi connectivity index (χ2n) is 6.91. The first-order chi connectivity index (χ1) is 11.3. The van der Waals surface area contributed by atoms with Crippen molar-refractivity contribution in [2.45, 2.75) is 44.6 Å². The molecule has 2 rings (SSSR count). The topological polar surface area (TPSA) is 84.2 Å². The average Bonchev–Trinajstić information content (AvgIpc) is 2.52. The maximum Gasteiger partial charge on any atom is 0.239 e. The van der Waals surface area contributed by atoms with Crippen molar-refractivity contribution in [1.82, 2.24) is 10.6 Å². The van der Waals surface area contributed by atoms with Crippen molar-refractivity contribution in [1.29, 1.82) is 0 Å². The summed E-state index contributed by atoms with van der Waals surface area (Å²) in [6.07, 6.45) is 3.01. The fourth-order valence-corrected chi connectivity index (χ4v) is 2.89. The van der Waals surface area contributed by atoms with Crippen molar-refractivity contribution in [3.63, 3.8) is 0 Å². The molecule has 1 atom stereocenters.